The van der Waals surface area contributed by atoms with Crippen LogP contribution in [0.15, 0.2) is 30.6 Å². The summed E-state index contributed by atoms with van der Waals surface area (Å²) >= 11 is 0. The summed E-state index contributed by atoms with van der Waals surface area (Å²) in [6, 6.07) is 4.17. The second kappa shape index (κ2) is 7.66. The Kier molecular flexibility index (Phi) is 4.55. The highest BCUT2D eigenvalue weighted by Gasteiger charge is 2.32. The number of imidazole rings is 1. The van der Waals surface area contributed by atoms with Crippen molar-refractivity contribution in [3.8, 4) is 11.3 Å². The summed E-state index contributed by atoms with van der Waals surface area (Å²) < 4.78 is 38.7. The Morgan fingerprint density at radius 1 is 1.06 bits per heavy atom. The number of aryl methyl sites for hydroxylation is 2. The summed E-state index contributed by atoms with van der Waals surface area (Å²) in [6.07, 6.45) is 9.62. The van der Waals surface area contributed by atoms with Gasteiger partial charge in [-0.05, 0) is 44.2 Å². The molecule has 1 saturated heterocycles. The minimum atomic E-state index is -0.628. The highest BCUT2D eigenvalue weighted by molar-refractivity contribution is 5.88. The van der Waals surface area contributed by atoms with Crippen molar-refractivity contribution in [1.29, 1.82) is 0 Å². The predicted octanol–water partition coefficient (Wildman–Crippen LogP) is 4.88. The van der Waals surface area contributed by atoms with E-state index in [-0.39, 0.29) is 17.6 Å². The quantitative estimate of drug-likeness (QED) is 0.432. The molecule has 3 aromatic heterocycles. The van der Waals surface area contributed by atoms with Crippen molar-refractivity contribution >= 4 is 11.2 Å². The summed E-state index contributed by atoms with van der Waals surface area (Å²) in [5, 5.41) is 4.51. The van der Waals surface area contributed by atoms with E-state index in [2.05, 4.69) is 15.9 Å². The van der Waals surface area contributed by atoms with E-state index in [1.165, 1.54) is 25.0 Å². The summed E-state index contributed by atoms with van der Waals surface area (Å²) in [5.74, 6) is 0.404. The average molecular weight is 463 g/mol. The molecule has 174 valence electrons. The Morgan fingerprint density at radius 2 is 1.97 bits per heavy atom. The van der Waals surface area contributed by atoms with Crippen molar-refractivity contribution in [1.82, 2.24) is 29.3 Å². The number of hydrogen-bond acceptors (Lipinski definition) is 5. The van der Waals surface area contributed by atoms with Gasteiger partial charge in [-0.2, -0.15) is 5.10 Å². The molecule has 3 aliphatic rings. The average Bonchev–Trinajstić information content (AvgIpc) is 3.24. The second-order valence-corrected chi connectivity index (χ2v) is 9.58. The van der Waals surface area contributed by atoms with E-state index >= 15 is 0 Å². The molecule has 2 fully saturated rings. The summed E-state index contributed by atoms with van der Waals surface area (Å²) in [4.78, 5) is 14.5. The van der Waals surface area contributed by atoms with E-state index in [4.69, 9.17) is 19.7 Å². The molecular weight excluding hydrogens is 438 g/mol. The van der Waals surface area contributed by atoms with Crippen molar-refractivity contribution in [3.63, 3.8) is 0 Å². The molecule has 4 aromatic rings. The van der Waals surface area contributed by atoms with Crippen LogP contribution < -0.4 is 0 Å². The number of benzene rings is 1. The van der Waals surface area contributed by atoms with Gasteiger partial charge in [-0.3, -0.25) is 4.68 Å². The molecule has 2 atom stereocenters. The van der Waals surface area contributed by atoms with Gasteiger partial charge in [-0.15, -0.1) is 0 Å². The normalized spacial score (nSPS) is 22.4. The molecule has 34 heavy (non-hydrogen) atoms. The largest absolute Gasteiger partial charge is 0.373 e. The first-order chi connectivity index (χ1) is 16.6. The molecule has 2 aliphatic heterocycles. The maximum atomic E-state index is 14.9. The fourth-order valence-corrected chi connectivity index (χ4v) is 5.30. The number of halogens is 2. The smallest absolute Gasteiger partial charge is 0.181 e. The monoisotopic (exact) mass is 462 g/mol. The van der Waals surface area contributed by atoms with E-state index in [1.807, 2.05) is 10.9 Å². The Labute approximate surface area is 194 Å². The number of hydrogen-bond donors (Lipinski definition) is 0. The standard InChI is InChI=1S/C25H24F2N6O/c26-16-3-6-18(19(27)11-16)22-23-25(29-21-2-1-8-32(21)23)31-24(30-22)14-7-9-34-20(10-14)15-12-28-33(13-15)17-4-5-17/h3,6,11-14,17,20H,1-2,4-5,7-10H2/t14-,20-/m1/s1. The van der Waals surface area contributed by atoms with Gasteiger partial charge in [0.05, 0.1) is 18.3 Å². The molecule has 0 radical (unpaired) electrons. The predicted molar refractivity (Wildman–Crippen MR) is 120 cm³/mol. The number of rotatable bonds is 4. The lowest BCUT2D eigenvalue weighted by Gasteiger charge is -2.28. The summed E-state index contributed by atoms with van der Waals surface area (Å²) in [6.45, 7) is 1.39. The van der Waals surface area contributed by atoms with Gasteiger partial charge in [0.25, 0.3) is 0 Å². The Balaban J connectivity index is 1.30. The van der Waals surface area contributed by atoms with Gasteiger partial charge in [0, 0.05) is 48.9 Å². The lowest BCUT2D eigenvalue weighted by atomic mass is 9.92. The van der Waals surface area contributed by atoms with Gasteiger partial charge < -0.3 is 9.30 Å². The molecule has 1 aromatic carbocycles. The molecule has 7 rings (SSSR count). The van der Waals surface area contributed by atoms with Crippen LogP contribution >= 0.6 is 0 Å². The highest BCUT2D eigenvalue weighted by atomic mass is 19.1. The van der Waals surface area contributed by atoms with Crippen LogP contribution in [-0.4, -0.2) is 35.9 Å². The van der Waals surface area contributed by atoms with E-state index in [1.54, 1.807) is 0 Å². The summed E-state index contributed by atoms with van der Waals surface area (Å²) in [5.41, 5.74) is 3.16. The van der Waals surface area contributed by atoms with E-state index in [9.17, 15) is 8.78 Å². The minimum absolute atomic E-state index is 0.0474. The van der Waals surface area contributed by atoms with Gasteiger partial charge in [0.15, 0.2) is 5.65 Å². The van der Waals surface area contributed by atoms with Crippen LogP contribution in [0.1, 0.15) is 67.4 Å². The van der Waals surface area contributed by atoms with Crippen molar-refractivity contribution in [2.45, 2.75) is 63.1 Å². The molecule has 0 unspecified atom stereocenters. The van der Waals surface area contributed by atoms with E-state index in [0.29, 0.717) is 29.8 Å². The molecule has 7 nitrogen and oxygen atoms in total. The van der Waals surface area contributed by atoms with Crippen LogP contribution in [-0.2, 0) is 17.7 Å². The minimum Gasteiger partial charge on any atom is -0.373 e. The van der Waals surface area contributed by atoms with Crippen molar-refractivity contribution in [2.24, 2.45) is 0 Å². The fraction of sp³-hybridized carbons (Fsp3) is 0.440. The second-order valence-electron chi connectivity index (χ2n) is 9.58. The van der Waals surface area contributed by atoms with Crippen molar-refractivity contribution in [2.75, 3.05) is 6.61 Å². The molecule has 9 heteroatoms. The van der Waals surface area contributed by atoms with Gasteiger partial charge in [-0.1, -0.05) is 0 Å². The number of ether oxygens (including phenoxy) is 1. The molecule has 5 heterocycles. The van der Waals surface area contributed by atoms with Crippen molar-refractivity contribution < 1.29 is 13.5 Å². The molecule has 1 saturated carbocycles. The first-order valence-corrected chi connectivity index (χ1v) is 12.0. The molecular formula is C25H24F2N6O. The van der Waals surface area contributed by atoms with Crippen LogP contribution in [0.25, 0.3) is 22.4 Å². The van der Waals surface area contributed by atoms with Gasteiger partial charge in [0.2, 0.25) is 0 Å². The SMILES string of the molecule is Fc1ccc(-c2nc([C@@H]3CCO[C@@H](c4cnn(C5CC5)c4)C3)nc3nc4n(c23)CCC4)c(F)c1. The fourth-order valence-electron chi connectivity index (χ4n) is 5.30. The van der Waals surface area contributed by atoms with Gasteiger partial charge >= 0.3 is 0 Å². The van der Waals surface area contributed by atoms with Crippen molar-refractivity contribution in [3.05, 3.63) is 59.4 Å². The van der Waals surface area contributed by atoms with Crippen LogP contribution in [0.3, 0.4) is 0 Å². The van der Waals surface area contributed by atoms with Crippen LogP contribution in [0, 0.1) is 11.6 Å². The van der Waals surface area contributed by atoms with Gasteiger partial charge in [-0.25, -0.2) is 23.7 Å². The Hall–Kier alpha value is -3.20. The summed E-state index contributed by atoms with van der Waals surface area (Å²) in [7, 11) is 0. The van der Waals surface area contributed by atoms with Crippen LogP contribution in [0.2, 0.25) is 0 Å². The first-order valence-electron chi connectivity index (χ1n) is 12.0. The topological polar surface area (TPSA) is 70.7 Å². The molecule has 0 amide bonds. The number of nitrogens with zero attached hydrogens (tertiary/aromatic N) is 6. The van der Waals surface area contributed by atoms with Crippen LogP contribution in [0.4, 0.5) is 8.78 Å². The third kappa shape index (κ3) is 3.33. The highest BCUT2D eigenvalue weighted by Crippen LogP contribution is 2.40. The molecule has 0 bridgehead atoms. The zero-order valence-corrected chi connectivity index (χ0v) is 18.6. The number of aromatic nitrogens is 6. The maximum Gasteiger partial charge on any atom is 0.181 e. The Bertz CT molecular complexity index is 1410. The molecule has 0 N–H and O–H groups in total. The van der Waals surface area contributed by atoms with Crippen LogP contribution in [0.5, 0.6) is 0 Å². The van der Waals surface area contributed by atoms with E-state index < -0.39 is 11.6 Å². The molecule has 1 aliphatic carbocycles. The molecule has 0 spiro atoms. The zero-order chi connectivity index (χ0) is 22.8. The first kappa shape index (κ1) is 20.2. The third-order valence-electron chi connectivity index (χ3n) is 7.23. The lowest BCUT2D eigenvalue weighted by Crippen LogP contribution is -2.20. The third-order valence-corrected chi connectivity index (χ3v) is 7.23. The maximum absolute atomic E-state index is 14.9. The zero-order valence-electron chi connectivity index (χ0n) is 18.6. The van der Waals surface area contributed by atoms with E-state index in [0.717, 1.165) is 55.2 Å². The van der Waals surface area contributed by atoms with Gasteiger partial charge in [0.1, 0.15) is 34.5 Å². The Morgan fingerprint density at radius 3 is 2.82 bits per heavy atom. The lowest BCUT2D eigenvalue weighted by molar-refractivity contribution is 0.00396. The number of fused-ring (bicyclic) bond motifs is 3.